The molecule has 1 aromatic heterocycles. The Kier molecular flexibility index (Phi) is 4.15. The first kappa shape index (κ1) is 14.0. The maximum absolute atomic E-state index is 6.10. The van der Waals surface area contributed by atoms with Crippen molar-refractivity contribution in [1.82, 2.24) is 5.32 Å². The SMILES string of the molecule is CC1CC(C)(C)CCC1(CN)NCc1cccs1. The van der Waals surface area contributed by atoms with Crippen molar-refractivity contribution in [3.05, 3.63) is 22.4 Å². The first-order chi connectivity index (χ1) is 8.47. The maximum Gasteiger partial charge on any atom is 0.0333 e. The van der Waals surface area contributed by atoms with E-state index in [1.165, 1.54) is 24.1 Å². The molecule has 0 radical (unpaired) electrons. The van der Waals surface area contributed by atoms with Gasteiger partial charge in [0, 0.05) is 23.5 Å². The van der Waals surface area contributed by atoms with Crippen molar-refractivity contribution in [2.75, 3.05) is 6.54 Å². The summed E-state index contributed by atoms with van der Waals surface area (Å²) in [4.78, 5) is 1.40. The van der Waals surface area contributed by atoms with Crippen molar-refractivity contribution in [2.45, 2.75) is 52.1 Å². The van der Waals surface area contributed by atoms with E-state index in [0.717, 1.165) is 13.1 Å². The highest BCUT2D eigenvalue weighted by molar-refractivity contribution is 7.09. The fourth-order valence-corrected chi connectivity index (χ4v) is 3.89. The van der Waals surface area contributed by atoms with E-state index >= 15 is 0 Å². The Balaban J connectivity index is 2.02. The van der Waals surface area contributed by atoms with Crippen molar-refractivity contribution < 1.29 is 0 Å². The van der Waals surface area contributed by atoms with Gasteiger partial charge in [-0.3, -0.25) is 0 Å². The lowest BCUT2D eigenvalue weighted by Crippen LogP contribution is -2.58. The van der Waals surface area contributed by atoms with E-state index in [2.05, 4.69) is 43.6 Å². The summed E-state index contributed by atoms with van der Waals surface area (Å²) < 4.78 is 0. The summed E-state index contributed by atoms with van der Waals surface area (Å²) in [6.45, 7) is 8.82. The molecule has 1 saturated carbocycles. The van der Waals surface area contributed by atoms with E-state index in [-0.39, 0.29) is 5.54 Å². The van der Waals surface area contributed by atoms with Crippen LogP contribution < -0.4 is 11.1 Å². The largest absolute Gasteiger partial charge is 0.329 e. The molecule has 1 heterocycles. The molecule has 2 atom stereocenters. The van der Waals surface area contributed by atoms with Crippen molar-refractivity contribution in [3.63, 3.8) is 0 Å². The molecule has 1 aromatic rings. The highest BCUT2D eigenvalue weighted by atomic mass is 32.1. The summed E-state index contributed by atoms with van der Waals surface area (Å²) in [5.41, 5.74) is 6.71. The Morgan fingerprint density at radius 1 is 1.44 bits per heavy atom. The van der Waals surface area contributed by atoms with Gasteiger partial charge in [-0.1, -0.05) is 26.8 Å². The van der Waals surface area contributed by atoms with Gasteiger partial charge in [-0.15, -0.1) is 11.3 Å². The van der Waals surface area contributed by atoms with E-state index < -0.39 is 0 Å². The Morgan fingerprint density at radius 2 is 2.22 bits per heavy atom. The van der Waals surface area contributed by atoms with Gasteiger partial charge < -0.3 is 11.1 Å². The first-order valence-electron chi connectivity index (χ1n) is 6.95. The van der Waals surface area contributed by atoms with Gasteiger partial charge in [0.05, 0.1) is 0 Å². The van der Waals surface area contributed by atoms with Gasteiger partial charge in [-0.05, 0) is 42.0 Å². The number of hydrogen-bond donors (Lipinski definition) is 2. The van der Waals surface area contributed by atoms with Crippen molar-refractivity contribution in [2.24, 2.45) is 17.1 Å². The third-order valence-corrected chi connectivity index (χ3v) is 5.49. The van der Waals surface area contributed by atoms with Crippen LogP contribution in [-0.4, -0.2) is 12.1 Å². The Bertz CT molecular complexity index is 372. The molecule has 3 N–H and O–H groups in total. The lowest BCUT2D eigenvalue weighted by molar-refractivity contribution is 0.0779. The standard InChI is InChI=1S/C15H26N2S/c1-12-9-14(2,3)6-7-15(12,11-16)17-10-13-5-4-8-18-13/h4-5,8,12,17H,6-7,9-11,16H2,1-3H3. The topological polar surface area (TPSA) is 38.0 Å². The van der Waals surface area contributed by atoms with Crippen LogP contribution in [0.4, 0.5) is 0 Å². The summed E-state index contributed by atoms with van der Waals surface area (Å²) in [6, 6.07) is 4.31. The van der Waals surface area contributed by atoms with E-state index in [1.807, 2.05) is 11.3 Å². The number of hydrogen-bond acceptors (Lipinski definition) is 3. The molecule has 1 aliphatic rings. The van der Waals surface area contributed by atoms with Gasteiger partial charge >= 0.3 is 0 Å². The lowest BCUT2D eigenvalue weighted by Gasteiger charge is -2.48. The predicted octanol–water partition coefficient (Wildman–Crippen LogP) is 3.38. The average molecular weight is 266 g/mol. The molecule has 102 valence electrons. The molecule has 0 saturated heterocycles. The number of rotatable bonds is 4. The Morgan fingerprint density at radius 3 is 2.78 bits per heavy atom. The molecule has 0 aliphatic heterocycles. The van der Waals surface area contributed by atoms with Gasteiger partial charge in [-0.25, -0.2) is 0 Å². The molecule has 0 aromatic carbocycles. The van der Waals surface area contributed by atoms with Crippen LogP contribution in [0.2, 0.25) is 0 Å². The van der Waals surface area contributed by atoms with Gasteiger partial charge in [0.2, 0.25) is 0 Å². The third-order valence-electron chi connectivity index (χ3n) is 4.61. The molecule has 0 bridgehead atoms. The first-order valence-corrected chi connectivity index (χ1v) is 7.83. The predicted molar refractivity (Wildman–Crippen MR) is 79.7 cm³/mol. The van der Waals surface area contributed by atoms with Crippen LogP contribution in [0, 0.1) is 11.3 Å². The molecule has 3 heteroatoms. The van der Waals surface area contributed by atoms with E-state index in [4.69, 9.17) is 5.73 Å². The molecule has 2 nitrogen and oxygen atoms in total. The summed E-state index contributed by atoms with van der Waals surface area (Å²) >= 11 is 1.82. The van der Waals surface area contributed by atoms with Crippen LogP contribution in [-0.2, 0) is 6.54 Å². The quantitative estimate of drug-likeness (QED) is 0.877. The molecule has 1 aliphatic carbocycles. The molecule has 0 spiro atoms. The van der Waals surface area contributed by atoms with E-state index in [0.29, 0.717) is 11.3 Å². The zero-order valence-electron chi connectivity index (χ0n) is 11.8. The minimum Gasteiger partial charge on any atom is -0.329 e. The number of thiophene rings is 1. The molecular weight excluding hydrogens is 240 g/mol. The minimum absolute atomic E-state index is 0.138. The van der Waals surface area contributed by atoms with Crippen LogP contribution in [0.5, 0.6) is 0 Å². The fourth-order valence-electron chi connectivity index (χ4n) is 3.25. The van der Waals surface area contributed by atoms with Gasteiger partial charge in [-0.2, -0.15) is 0 Å². The molecule has 2 unspecified atom stereocenters. The monoisotopic (exact) mass is 266 g/mol. The smallest absolute Gasteiger partial charge is 0.0333 e. The number of nitrogens with two attached hydrogens (primary N) is 1. The number of nitrogens with one attached hydrogen (secondary N) is 1. The minimum atomic E-state index is 0.138. The average Bonchev–Trinajstić information content (AvgIpc) is 2.81. The Hall–Kier alpha value is -0.380. The van der Waals surface area contributed by atoms with Gasteiger partial charge in [0.25, 0.3) is 0 Å². The molecular formula is C15H26N2S. The van der Waals surface area contributed by atoms with E-state index in [9.17, 15) is 0 Å². The summed E-state index contributed by atoms with van der Waals surface area (Å²) in [6.07, 6.45) is 3.73. The van der Waals surface area contributed by atoms with Crippen molar-refractivity contribution in [3.8, 4) is 0 Å². The molecule has 18 heavy (non-hydrogen) atoms. The molecule has 2 rings (SSSR count). The molecule has 0 amide bonds. The zero-order chi connectivity index (χ0) is 13.2. The van der Waals surface area contributed by atoms with Crippen molar-refractivity contribution >= 4 is 11.3 Å². The van der Waals surface area contributed by atoms with Gasteiger partial charge in [0.1, 0.15) is 0 Å². The molecule has 1 fully saturated rings. The van der Waals surface area contributed by atoms with Gasteiger partial charge in [0.15, 0.2) is 0 Å². The summed E-state index contributed by atoms with van der Waals surface area (Å²) in [5, 5.41) is 5.90. The normalized spacial score (nSPS) is 31.4. The zero-order valence-corrected chi connectivity index (χ0v) is 12.6. The van der Waals surface area contributed by atoms with Crippen LogP contribution in [0.3, 0.4) is 0 Å². The highest BCUT2D eigenvalue weighted by Gasteiger charge is 2.42. The van der Waals surface area contributed by atoms with Crippen LogP contribution in [0.25, 0.3) is 0 Å². The van der Waals surface area contributed by atoms with Crippen molar-refractivity contribution in [1.29, 1.82) is 0 Å². The highest BCUT2D eigenvalue weighted by Crippen LogP contribution is 2.43. The summed E-state index contributed by atoms with van der Waals surface area (Å²) in [5.74, 6) is 0.645. The van der Waals surface area contributed by atoms with Crippen LogP contribution in [0.15, 0.2) is 17.5 Å². The maximum atomic E-state index is 6.10. The van der Waals surface area contributed by atoms with Crippen LogP contribution in [0.1, 0.15) is 44.9 Å². The lowest BCUT2D eigenvalue weighted by atomic mass is 9.64. The third kappa shape index (κ3) is 2.95. The second kappa shape index (κ2) is 5.32. The second-order valence-electron chi connectivity index (χ2n) is 6.56. The van der Waals surface area contributed by atoms with Crippen LogP contribution >= 0.6 is 11.3 Å². The summed E-state index contributed by atoms with van der Waals surface area (Å²) in [7, 11) is 0. The van der Waals surface area contributed by atoms with E-state index in [1.54, 1.807) is 0 Å². The Labute approximate surface area is 115 Å². The second-order valence-corrected chi connectivity index (χ2v) is 7.59. The fraction of sp³-hybridized carbons (Fsp3) is 0.733.